The highest BCUT2D eigenvalue weighted by Crippen LogP contribution is 2.19. The second kappa shape index (κ2) is 17.1. The van der Waals surface area contributed by atoms with E-state index in [9.17, 15) is 24.0 Å². The standard InChI is InChI=1S/C38H41N5O5/c44-34(33-25-39-30-18-10-11-19-31(30)42-33)23-28(22-26-12-4-1-5-13-26)37(47)43-32(20-21-35(45)41-29-16-8-3-9-17-29)36(46)38(48)40-24-27-14-6-2-7-15-27/h1-2,4-7,10-15,18-19,25,28-29,32H,3,8-9,16-17,20-24H2,(H,40,48)(H,41,45)(H,43,47)/t28-,32+/m1/s1. The summed E-state index contributed by atoms with van der Waals surface area (Å²) in [6, 6.07) is 24.4. The molecule has 3 aromatic carbocycles. The van der Waals surface area contributed by atoms with Crippen LogP contribution >= 0.6 is 0 Å². The summed E-state index contributed by atoms with van der Waals surface area (Å²) in [5, 5.41) is 8.41. The summed E-state index contributed by atoms with van der Waals surface area (Å²) >= 11 is 0. The number of hydrogen-bond donors (Lipinski definition) is 3. The van der Waals surface area contributed by atoms with Crippen LogP contribution in [-0.4, -0.2) is 51.3 Å². The second-order valence-corrected chi connectivity index (χ2v) is 12.3. The first-order valence-corrected chi connectivity index (χ1v) is 16.6. The highest BCUT2D eigenvalue weighted by molar-refractivity contribution is 6.38. The van der Waals surface area contributed by atoms with E-state index >= 15 is 0 Å². The van der Waals surface area contributed by atoms with Gasteiger partial charge in [-0.1, -0.05) is 92.1 Å². The number of para-hydroxylation sites is 2. The topological polar surface area (TPSA) is 147 Å². The molecule has 5 rings (SSSR count). The van der Waals surface area contributed by atoms with Gasteiger partial charge in [0, 0.05) is 31.3 Å². The van der Waals surface area contributed by atoms with Crippen LogP contribution in [0.2, 0.25) is 0 Å². The van der Waals surface area contributed by atoms with Crippen molar-refractivity contribution >= 4 is 40.3 Å². The number of carbonyl (C=O) groups is 5. The van der Waals surface area contributed by atoms with Gasteiger partial charge in [0.25, 0.3) is 5.91 Å². The maximum Gasteiger partial charge on any atom is 0.289 e. The number of carbonyl (C=O) groups excluding carboxylic acids is 5. The van der Waals surface area contributed by atoms with Crippen LogP contribution in [0.4, 0.5) is 0 Å². The molecule has 3 amide bonds. The van der Waals surface area contributed by atoms with E-state index in [-0.39, 0.29) is 55.7 Å². The fourth-order valence-electron chi connectivity index (χ4n) is 5.98. The molecule has 0 bridgehead atoms. The Morgan fingerprint density at radius 1 is 0.771 bits per heavy atom. The molecule has 1 aromatic heterocycles. The lowest BCUT2D eigenvalue weighted by molar-refractivity contribution is -0.141. The quantitative estimate of drug-likeness (QED) is 0.126. The van der Waals surface area contributed by atoms with Crippen molar-refractivity contribution in [3.8, 4) is 0 Å². The smallest absolute Gasteiger partial charge is 0.289 e. The Labute approximate surface area is 280 Å². The van der Waals surface area contributed by atoms with E-state index in [1.807, 2.05) is 66.7 Å². The molecule has 1 aliphatic carbocycles. The average Bonchev–Trinajstić information content (AvgIpc) is 3.12. The van der Waals surface area contributed by atoms with Gasteiger partial charge in [-0.05, 0) is 48.9 Å². The summed E-state index contributed by atoms with van der Waals surface area (Å²) in [4.78, 5) is 75.6. The van der Waals surface area contributed by atoms with Gasteiger partial charge in [0.15, 0.2) is 5.78 Å². The number of aromatic nitrogens is 2. The third-order valence-corrected chi connectivity index (χ3v) is 8.64. The molecule has 1 fully saturated rings. The molecule has 0 unspecified atom stereocenters. The first kappa shape index (κ1) is 34.1. The molecular weight excluding hydrogens is 606 g/mol. The van der Waals surface area contributed by atoms with Crippen molar-refractivity contribution in [1.29, 1.82) is 0 Å². The summed E-state index contributed by atoms with van der Waals surface area (Å²) < 4.78 is 0. The molecule has 10 nitrogen and oxygen atoms in total. The molecule has 3 N–H and O–H groups in total. The van der Waals surface area contributed by atoms with Crippen LogP contribution in [0.15, 0.2) is 91.1 Å². The highest BCUT2D eigenvalue weighted by Gasteiger charge is 2.32. The second-order valence-electron chi connectivity index (χ2n) is 12.3. The summed E-state index contributed by atoms with van der Waals surface area (Å²) in [6.07, 6.45) is 6.36. The van der Waals surface area contributed by atoms with Crippen LogP contribution in [0.5, 0.6) is 0 Å². The lowest BCUT2D eigenvalue weighted by atomic mass is 9.91. The zero-order valence-electron chi connectivity index (χ0n) is 26.9. The van der Waals surface area contributed by atoms with Crippen molar-refractivity contribution in [2.75, 3.05) is 0 Å². The van der Waals surface area contributed by atoms with Crippen LogP contribution in [0, 0.1) is 5.92 Å². The summed E-state index contributed by atoms with van der Waals surface area (Å²) in [5.41, 5.74) is 2.97. The molecular formula is C38H41N5O5. The fraction of sp³-hybridized carbons (Fsp3) is 0.342. The average molecular weight is 648 g/mol. The first-order chi connectivity index (χ1) is 23.4. The van der Waals surface area contributed by atoms with Crippen LogP contribution < -0.4 is 16.0 Å². The van der Waals surface area contributed by atoms with Gasteiger partial charge in [-0.3, -0.25) is 29.0 Å². The largest absolute Gasteiger partial charge is 0.353 e. The van der Waals surface area contributed by atoms with Crippen molar-refractivity contribution in [3.05, 3.63) is 108 Å². The molecule has 10 heteroatoms. The number of Topliss-reactive ketones (excluding diaryl/α,β-unsaturated/α-hetero) is 2. The van der Waals surface area contributed by atoms with E-state index in [0.29, 0.717) is 11.0 Å². The molecule has 1 aliphatic rings. The lowest BCUT2D eigenvalue weighted by Gasteiger charge is -2.24. The predicted molar refractivity (Wildman–Crippen MR) is 182 cm³/mol. The first-order valence-electron chi connectivity index (χ1n) is 16.6. The molecule has 248 valence electrons. The van der Waals surface area contributed by atoms with Gasteiger partial charge in [-0.15, -0.1) is 0 Å². The Kier molecular flexibility index (Phi) is 12.1. The molecule has 4 aromatic rings. The zero-order chi connectivity index (χ0) is 33.7. The third kappa shape index (κ3) is 9.87. The van der Waals surface area contributed by atoms with Crippen LogP contribution in [0.3, 0.4) is 0 Å². The number of amides is 3. The minimum Gasteiger partial charge on any atom is -0.353 e. The van der Waals surface area contributed by atoms with Gasteiger partial charge in [-0.25, -0.2) is 4.98 Å². The number of nitrogens with one attached hydrogen (secondary N) is 3. The van der Waals surface area contributed by atoms with E-state index < -0.39 is 29.6 Å². The lowest BCUT2D eigenvalue weighted by Crippen LogP contribution is -2.50. The van der Waals surface area contributed by atoms with Gasteiger partial charge in [0.2, 0.25) is 17.6 Å². The van der Waals surface area contributed by atoms with Gasteiger partial charge < -0.3 is 16.0 Å². The predicted octanol–water partition coefficient (Wildman–Crippen LogP) is 4.66. The molecule has 0 aliphatic heterocycles. The number of ketones is 2. The normalized spacial score (nSPS) is 14.4. The third-order valence-electron chi connectivity index (χ3n) is 8.64. The molecule has 1 saturated carbocycles. The summed E-state index contributed by atoms with van der Waals surface area (Å²) in [6.45, 7) is 0.131. The maximum atomic E-state index is 13.9. The molecule has 0 saturated heterocycles. The van der Waals surface area contributed by atoms with E-state index in [4.69, 9.17) is 0 Å². The summed E-state index contributed by atoms with van der Waals surface area (Å²) in [7, 11) is 0. The van der Waals surface area contributed by atoms with E-state index in [1.165, 1.54) is 6.20 Å². The molecule has 1 heterocycles. The Morgan fingerprint density at radius 3 is 2.12 bits per heavy atom. The number of fused-ring (bicyclic) bond motifs is 1. The molecule has 0 radical (unpaired) electrons. The molecule has 0 spiro atoms. The van der Waals surface area contributed by atoms with Gasteiger partial charge >= 0.3 is 0 Å². The van der Waals surface area contributed by atoms with Crippen LogP contribution in [0.1, 0.15) is 73.0 Å². The SMILES string of the molecule is O=C(CC[C@H](NC(=O)[C@@H](CC(=O)c1cnc2ccccc2n1)Cc1ccccc1)C(=O)C(=O)NCc1ccccc1)NC1CCCCC1. The monoisotopic (exact) mass is 647 g/mol. The van der Waals surface area contributed by atoms with Crippen molar-refractivity contribution in [3.63, 3.8) is 0 Å². The van der Waals surface area contributed by atoms with E-state index in [1.54, 1.807) is 18.2 Å². The fourth-order valence-corrected chi connectivity index (χ4v) is 5.98. The van der Waals surface area contributed by atoms with Crippen LogP contribution in [-0.2, 0) is 32.1 Å². The van der Waals surface area contributed by atoms with Crippen molar-refractivity contribution in [2.24, 2.45) is 5.92 Å². The zero-order valence-corrected chi connectivity index (χ0v) is 26.9. The Hall–Kier alpha value is -5.25. The van der Waals surface area contributed by atoms with Crippen molar-refractivity contribution in [2.45, 2.75) is 76.4 Å². The number of nitrogens with zero attached hydrogens (tertiary/aromatic N) is 2. The van der Waals surface area contributed by atoms with Gasteiger partial charge in [0.1, 0.15) is 5.69 Å². The minimum absolute atomic E-state index is 0.0475. The maximum absolute atomic E-state index is 13.9. The van der Waals surface area contributed by atoms with E-state index in [0.717, 1.165) is 43.2 Å². The van der Waals surface area contributed by atoms with E-state index in [2.05, 4.69) is 25.9 Å². The Bertz CT molecular complexity index is 1720. The van der Waals surface area contributed by atoms with Crippen molar-refractivity contribution < 1.29 is 24.0 Å². The minimum atomic E-state index is -1.26. The molecule has 2 atom stereocenters. The van der Waals surface area contributed by atoms with Gasteiger partial charge in [-0.2, -0.15) is 0 Å². The number of benzene rings is 3. The summed E-state index contributed by atoms with van der Waals surface area (Å²) in [5.74, 6) is -3.77. The van der Waals surface area contributed by atoms with Crippen LogP contribution in [0.25, 0.3) is 11.0 Å². The molecule has 48 heavy (non-hydrogen) atoms. The number of hydrogen-bond acceptors (Lipinski definition) is 7. The highest BCUT2D eigenvalue weighted by atomic mass is 16.2. The van der Waals surface area contributed by atoms with Gasteiger partial charge in [0.05, 0.1) is 23.3 Å². The van der Waals surface area contributed by atoms with Crippen molar-refractivity contribution in [1.82, 2.24) is 25.9 Å². The Balaban J connectivity index is 1.32. The Morgan fingerprint density at radius 2 is 1.42 bits per heavy atom. The number of rotatable bonds is 15.